The molecule has 0 amide bonds. The molecule has 0 spiro atoms. The first-order valence-corrected chi connectivity index (χ1v) is 10.3. The number of halogens is 1. The maximum absolute atomic E-state index is 14.3. The van der Waals surface area contributed by atoms with Crippen molar-refractivity contribution in [3.63, 3.8) is 0 Å². The molecule has 5 rings (SSSR count). The van der Waals surface area contributed by atoms with Gasteiger partial charge < -0.3 is 15.6 Å². The van der Waals surface area contributed by atoms with Crippen molar-refractivity contribution in [2.75, 3.05) is 18.4 Å². The SMILES string of the molecule is Fc1ccccc1-c1c[nH]c2ccc(-c3nnc(N[C@@H]4CCCNC4)s3)cc12. The Hall–Kier alpha value is -2.77. The van der Waals surface area contributed by atoms with E-state index < -0.39 is 0 Å². The van der Waals surface area contributed by atoms with E-state index in [1.807, 2.05) is 24.4 Å². The summed E-state index contributed by atoms with van der Waals surface area (Å²) in [5, 5.41) is 18.2. The summed E-state index contributed by atoms with van der Waals surface area (Å²) in [7, 11) is 0. The Kier molecular flexibility index (Phi) is 4.54. The van der Waals surface area contributed by atoms with E-state index in [1.165, 1.54) is 12.5 Å². The minimum absolute atomic E-state index is 0.225. The van der Waals surface area contributed by atoms with E-state index in [4.69, 9.17) is 0 Å². The summed E-state index contributed by atoms with van der Waals surface area (Å²) in [6.45, 7) is 2.04. The summed E-state index contributed by atoms with van der Waals surface area (Å²) in [5.41, 5.74) is 3.40. The van der Waals surface area contributed by atoms with Gasteiger partial charge >= 0.3 is 0 Å². The molecule has 3 heterocycles. The van der Waals surface area contributed by atoms with E-state index in [0.29, 0.717) is 11.6 Å². The smallest absolute Gasteiger partial charge is 0.206 e. The van der Waals surface area contributed by atoms with Gasteiger partial charge in [-0.15, -0.1) is 10.2 Å². The number of H-pyrrole nitrogens is 1. The zero-order valence-corrected chi connectivity index (χ0v) is 16.0. The molecule has 1 saturated heterocycles. The van der Waals surface area contributed by atoms with Crippen LogP contribution in [-0.4, -0.2) is 34.3 Å². The van der Waals surface area contributed by atoms with Crippen LogP contribution in [0.25, 0.3) is 32.6 Å². The molecular weight excluding hydrogens is 373 g/mol. The quantitative estimate of drug-likeness (QED) is 0.472. The molecule has 2 aromatic heterocycles. The zero-order valence-electron chi connectivity index (χ0n) is 15.2. The van der Waals surface area contributed by atoms with Gasteiger partial charge in [-0.2, -0.15) is 0 Å². The largest absolute Gasteiger partial charge is 0.361 e. The Morgan fingerprint density at radius 3 is 2.89 bits per heavy atom. The molecule has 4 aromatic rings. The van der Waals surface area contributed by atoms with Gasteiger partial charge in [0.2, 0.25) is 5.13 Å². The van der Waals surface area contributed by atoms with Crippen molar-refractivity contribution >= 4 is 27.4 Å². The standard InChI is InChI=1S/C21H20FN5S/c22-18-6-2-1-5-15(18)17-12-24-19-8-7-13(10-16(17)19)20-26-27-21(28-20)25-14-4-3-9-23-11-14/h1-2,5-8,10,12,14,23-24H,3-4,9,11H2,(H,25,27)/t14-/m1/s1. The third kappa shape index (κ3) is 3.27. The molecule has 1 aliphatic heterocycles. The fourth-order valence-electron chi connectivity index (χ4n) is 3.70. The number of fused-ring (bicyclic) bond motifs is 1. The van der Waals surface area contributed by atoms with Crippen molar-refractivity contribution in [2.45, 2.75) is 18.9 Å². The van der Waals surface area contributed by atoms with Crippen molar-refractivity contribution in [2.24, 2.45) is 0 Å². The topological polar surface area (TPSA) is 65.6 Å². The van der Waals surface area contributed by atoms with E-state index >= 15 is 0 Å². The van der Waals surface area contributed by atoms with E-state index in [1.54, 1.807) is 23.5 Å². The molecule has 0 saturated carbocycles. The molecule has 2 aromatic carbocycles. The van der Waals surface area contributed by atoms with Crippen LogP contribution < -0.4 is 10.6 Å². The van der Waals surface area contributed by atoms with Gasteiger partial charge in [-0.05, 0) is 43.7 Å². The second kappa shape index (κ2) is 7.33. The average Bonchev–Trinajstić information content (AvgIpc) is 3.36. The first-order valence-electron chi connectivity index (χ1n) is 9.45. The molecule has 3 N–H and O–H groups in total. The normalized spacial score (nSPS) is 17.1. The van der Waals surface area contributed by atoms with Crippen LogP contribution in [0.3, 0.4) is 0 Å². The van der Waals surface area contributed by atoms with Gasteiger partial charge in [0.25, 0.3) is 0 Å². The lowest BCUT2D eigenvalue weighted by Gasteiger charge is -2.23. The zero-order chi connectivity index (χ0) is 18.9. The Bertz CT molecular complexity index is 1110. The van der Waals surface area contributed by atoms with Crippen molar-refractivity contribution in [1.82, 2.24) is 20.5 Å². The second-order valence-electron chi connectivity index (χ2n) is 7.04. The highest BCUT2D eigenvalue weighted by Crippen LogP contribution is 2.34. The number of nitrogens with zero attached hydrogens (tertiary/aromatic N) is 2. The molecule has 0 unspecified atom stereocenters. The van der Waals surface area contributed by atoms with Gasteiger partial charge in [0.1, 0.15) is 10.8 Å². The van der Waals surface area contributed by atoms with Crippen molar-refractivity contribution in [3.05, 3.63) is 54.5 Å². The second-order valence-corrected chi connectivity index (χ2v) is 8.02. The van der Waals surface area contributed by atoms with Crippen LogP contribution in [0.15, 0.2) is 48.7 Å². The minimum atomic E-state index is -0.225. The molecule has 5 nitrogen and oxygen atoms in total. The van der Waals surface area contributed by atoms with E-state index in [9.17, 15) is 4.39 Å². The first kappa shape index (κ1) is 17.3. The third-order valence-electron chi connectivity index (χ3n) is 5.14. The number of nitrogens with one attached hydrogen (secondary N) is 3. The van der Waals surface area contributed by atoms with Gasteiger partial charge in [0.05, 0.1) is 0 Å². The van der Waals surface area contributed by atoms with Crippen molar-refractivity contribution < 1.29 is 4.39 Å². The summed E-state index contributed by atoms with van der Waals surface area (Å²) >= 11 is 1.55. The lowest BCUT2D eigenvalue weighted by molar-refractivity contribution is 0.479. The lowest BCUT2D eigenvalue weighted by Crippen LogP contribution is -2.38. The molecule has 1 aliphatic rings. The number of hydrogen-bond donors (Lipinski definition) is 3. The Morgan fingerprint density at radius 2 is 2.04 bits per heavy atom. The summed E-state index contributed by atoms with van der Waals surface area (Å²) in [6, 6.07) is 13.3. The summed E-state index contributed by atoms with van der Waals surface area (Å²) < 4.78 is 14.3. The monoisotopic (exact) mass is 393 g/mol. The van der Waals surface area contributed by atoms with Crippen LogP contribution in [-0.2, 0) is 0 Å². The van der Waals surface area contributed by atoms with Gasteiger partial charge in [-0.3, -0.25) is 0 Å². The van der Waals surface area contributed by atoms with E-state index in [2.05, 4.69) is 31.9 Å². The third-order valence-corrected chi connectivity index (χ3v) is 6.05. The number of aromatic nitrogens is 3. The van der Waals surface area contributed by atoms with Crippen LogP contribution in [0.5, 0.6) is 0 Å². The van der Waals surface area contributed by atoms with Crippen LogP contribution >= 0.6 is 11.3 Å². The summed E-state index contributed by atoms with van der Waals surface area (Å²) in [5.74, 6) is -0.225. The molecular formula is C21H20FN5S. The fourth-order valence-corrected chi connectivity index (χ4v) is 4.52. The first-order chi connectivity index (χ1) is 13.8. The number of rotatable bonds is 4. The number of aromatic amines is 1. The number of piperidine rings is 1. The summed E-state index contributed by atoms with van der Waals surface area (Å²) in [6.07, 6.45) is 4.17. The molecule has 1 fully saturated rings. The van der Waals surface area contributed by atoms with Crippen LogP contribution in [0.2, 0.25) is 0 Å². The van der Waals surface area contributed by atoms with Gasteiger partial charge in [-0.1, -0.05) is 29.5 Å². The molecule has 28 heavy (non-hydrogen) atoms. The molecule has 7 heteroatoms. The number of benzene rings is 2. The molecule has 142 valence electrons. The number of anilines is 1. The predicted molar refractivity (Wildman–Crippen MR) is 112 cm³/mol. The Morgan fingerprint density at radius 1 is 1.11 bits per heavy atom. The maximum Gasteiger partial charge on any atom is 0.206 e. The molecule has 0 bridgehead atoms. The Labute approximate surface area is 166 Å². The highest BCUT2D eigenvalue weighted by atomic mass is 32.1. The van der Waals surface area contributed by atoms with Crippen LogP contribution in [0.4, 0.5) is 9.52 Å². The highest BCUT2D eigenvalue weighted by molar-refractivity contribution is 7.18. The maximum atomic E-state index is 14.3. The van der Waals surface area contributed by atoms with Gasteiger partial charge in [0.15, 0.2) is 0 Å². The van der Waals surface area contributed by atoms with Crippen LogP contribution in [0.1, 0.15) is 12.8 Å². The lowest BCUT2D eigenvalue weighted by atomic mass is 10.0. The molecule has 1 atom stereocenters. The molecule has 0 radical (unpaired) electrons. The van der Waals surface area contributed by atoms with E-state index in [-0.39, 0.29) is 5.82 Å². The summed E-state index contributed by atoms with van der Waals surface area (Å²) in [4.78, 5) is 3.23. The highest BCUT2D eigenvalue weighted by Gasteiger charge is 2.16. The van der Waals surface area contributed by atoms with Crippen LogP contribution in [0, 0.1) is 5.82 Å². The van der Waals surface area contributed by atoms with E-state index in [0.717, 1.165) is 51.7 Å². The van der Waals surface area contributed by atoms with Gasteiger partial charge in [-0.25, -0.2) is 4.39 Å². The average molecular weight is 393 g/mol. The molecule has 0 aliphatic carbocycles. The fraction of sp³-hybridized carbons (Fsp3) is 0.238. The Balaban J connectivity index is 1.47. The number of hydrogen-bond acceptors (Lipinski definition) is 5. The predicted octanol–water partition coefficient (Wildman–Crippen LogP) is 4.66. The van der Waals surface area contributed by atoms with Crippen molar-refractivity contribution in [3.8, 4) is 21.7 Å². The van der Waals surface area contributed by atoms with Crippen molar-refractivity contribution in [1.29, 1.82) is 0 Å². The minimum Gasteiger partial charge on any atom is -0.361 e. The van der Waals surface area contributed by atoms with Gasteiger partial charge in [0, 0.05) is 46.4 Å².